The summed E-state index contributed by atoms with van der Waals surface area (Å²) in [5.74, 6) is -2.96. The number of hydrogen-bond donors (Lipinski definition) is 2. The number of nitrogens with zero attached hydrogens (tertiary/aromatic N) is 3. The summed E-state index contributed by atoms with van der Waals surface area (Å²) in [6, 6.07) is 8.09. The second-order valence-electron chi connectivity index (χ2n) is 5.11. The molecule has 0 fully saturated rings. The van der Waals surface area contributed by atoms with Crippen LogP contribution < -0.4 is 5.32 Å². The van der Waals surface area contributed by atoms with E-state index in [9.17, 15) is 18.7 Å². The molecule has 0 atom stereocenters. The van der Waals surface area contributed by atoms with Gasteiger partial charge in [-0.15, -0.1) is 22.0 Å². The molecule has 0 spiro atoms. The number of pyridine rings is 1. The lowest BCUT2D eigenvalue weighted by Gasteiger charge is -2.11. The molecule has 2 aromatic heterocycles. The first-order valence-corrected chi connectivity index (χ1v) is 8.54. The van der Waals surface area contributed by atoms with Gasteiger partial charge in [0, 0.05) is 0 Å². The molecular formula is C17H12F2N4O2S. The summed E-state index contributed by atoms with van der Waals surface area (Å²) in [5.41, 5.74) is -0.334. The van der Waals surface area contributed by atoms with Gasteiger partial charge in [-0.25, -0.2) is 18.6 Å². The van der Waals surface area contributed by atoms with Gasteiger partial charge in [0.2, 0.25) is 0 Å². The number of carbonyl (C=O) groups is 1. The van der Waals surface area contributed by atoms with E-state index in [0.29, 0.717) is 5.69 Å². The summed E-state index contributed by atoms with van der Waals surface area (Å²) < 4.78 is 28.0. The van der Waals surface area contributed by atoms with Crippen molar-refractivity contribution >= 4 is 29.1 Å². The van der Waals surface area contributed by atoms with Crippen LogP contribution in [0, 0.1) is 11.6 Å². The van der Waals surface area contributed by atoms with Gasteiger partial charge in [-0.2, -0.15) is 0 Å². The molecular weight excluding hydrogens is 362 g/mol. The Morgan fingerprint density at radius 1 is 1.15 bits per heavy atom. The van der Waals surface area contributed by atoms with Crippen LogP contribution in [-0.2, 0) is 0 Å². The zero-order valence-corrected chi connectivity index (χ0v) is 14.2. The smallest absolute Gasteiger partial charge is 0.358 e. The number of halogens is 2. The van der Waals surface area contributed by atoms with Crippen LogP contribution in [0.5, 0.6) is 0 Å². The lowest BCUT2D eigenvalue weighted by atomic mass is 10.1. The number of nitrogens with one attached hydrogen (secondary N) is 1. The number of hydrogen-bond acceptors (Lipinski definition) is 6. The van der Waals surface area contributed by atoms with Gasteiger partial charge in [0.1, 0.15) is 17.3 Å². The second kappa shape index (κ2) is 7.44. The third kappa shape index (κ3) is 3.62. The Morgan fingerprint density at radius 2 is 1.88 bits per heavy atom. The average molecular weight is 374 g/mol. The molecule has 0 aliphatic carbocycles. The maximum Gasteiger partial charge on any atom is 0.358 e. The Labute approximate surface area is 151 Å². The van der Waals surface area contributed by atoms with Gasteiger partial charge in [0.05, 0.1) is 28.2 Å². The van der Waals surface area contributed by atoms with E-state index in [2.05, 4.69) is 20.5 Å². The van der Waals surface area contributed by atoms with Crippen molar-refractivity contribution in [3.63, 3.8) is 0 Å². The third-order valence-corrected chi connectivity index (χ3v) is 4.10. The van der Waals surface area contributed by atoms with E-state index < -0.39 is 17.6 Å². The molecule has 0 unspecified atom stereocenters. The highest BCUT2D eigenvalue weighted by atomic mass is 32.2. The van der Waals surface area contributed by atoms with Gasteiger partial charge in [0.15, 0.2) is 5.69 Å². The summed E-state index contributed by atoms with van der Waals surface area (Å²) >= 11 is 1.46. The fourth-order valence-corrected chi connectivity index (χ4v) is 2.60. The van der Waals surface area contributed by atoms with E-state index in [4.69, 9.17) is 0 Å². The fraction of sp³-hybridized carbons (Fsp3) is 0.0588. The Balaban J connectivity index is 2.05. The minimum atomic E-state index is -1.32. The van der Waals surface area contributed by atoms with Crippen LogP contribution in [0.4, 0.5) is 20.2 Å². The average Bonchev–Trinajstić information content (AvgIpc) is 2.62. The van der Waals surface area contributed by atoms with Crippen molar-refractivity contribution in [1.82, 2.24) is 15.2 Å². The van der Waals surface area contributed by atoms with Crippen LogP contribution >= 0.6 is 11.8 Å². The molecule has 26 heavy (non-hydrogen) atoms. The monoisotopic (exact) mass is 374 g/mol. The molecule has 6 nitrogen and oxygen atoms in total. The van der Waals surface area contributed by atoms with Crippen LogP contribution in [0.3, 0.4) is 0 Å². The SMILES string of the molecule is CSc1ccc(Nc2cc(-c3c(F)cccc3F)nnc2C(=O)O)cn1. The van der Waals surface area contributed by atoms with Gasteiger partial charge >= 0.3 is 5.97 Å². The highest BCUT2D eigenvalue weighted by molar-refractivity contribution is 7.98. The number of aromatic nitrogens is 3. The minimum Gasteiger partial charge on any atom is -0.476 e. The molecule has 9 heteroatoms. The van der Waals surface area contributed by atoms with Crippen molar-refractivity contribution in [3.05, 3.63) is 59.9 Å². The molecule has 2 N–H and O–H groups in total. The zero-order chi connectivity index (χ0) is 18.7. The lowest BCUT2D eigenvalue weighted by molar-refractivity contribution is 0.0690. The van der Waals surface area contributed by atoms with Crippen molar-refractivity contribution in [2.24, 2.45) is 0 Å². The lowest BCUT2D eigenvalue weighted by Crippen LogP contribution is -2.08. The number of carboxylic acid groups (broad SMARTS) is 1. The van der Waals surface area contributed by atoms with Crippen molar-refractivity contribution in [2.75, 3.05) is 11.6 Å². The van der Waals surface area contributed by atoms with Crippen molar-refractivity contribution < 1.29 is 18.7 Å². The maximum absolute atomic E-state index is 14.0. The number of carboxylic acids is 1. The molecule has 132 valence electrons. The molecule has 3 aromatic rings. The van der Waals surface area contributed by atoms with E-state index >= 15 is 0 Å². The highest BCUT2D eigenvalue weighted by Gasteiger charge is 2.19. The van der Waals surface area contributed by atoms with Gasteiger partial charge in [-0.1, -0.05) is 6.07 Å². The number of thioether (sulfide) groups is 1. The quantitative estimate of drug-likeness (QED) is 0.653. The molecule has 0 radical (unpaired) electrons. The molecule has 0 aliphatic heterocycles. The maximum atomic E-state index is 14.0. The predicted octanol–water partition coefficient (Wildman–Crippen LogP) is 3.98. The summed E-state index contributed by atoms with van der Waals surface area (Å²) in [5, 5.41) is 20.2. The number of rotatable bonds is 5. The number of benzene rings is 1. The minimum absolute atomic E-state index is 0.0452. The zero-order valence-electron chi connectivity index (χ0n) is 13.4. The first-order chi connectivity index (χ1) is 12.5. The first-order valence-electron chi connectivity index (χ1n) is 7.32. The summed E-state index contributed by atoms with van der Waals surface area (Å²) in [7, 11) is 0. The van der Waals surface area contributed by atoms with Gasteiger partial charge < -0.3 is 10.4 Å². The molecule has 0 saturated carbocycles. The predicted molar refractivity (Wildman–Crippen MR) is 93.6 cm³/mol. The molecule has 0 amide bonds. The molecule has 0 bridgehead atoms. The van der Waals surface area contributed by atoms with E-state index in [1.807, 2.05) is 6.26 Å². The van der Waals surface area contributed by atoms with Crippen LogP contribution in [-0.4, -0.2) is 32.5 Å². The van der Waals surface area contributed by atoms with Crippen molar-refractivity contribution in [3.8, 4) is 11.3 Å². The Morgan fingerprint density at radius 3 is 2.46 bits per heavy atom. The van der Waals surface area contributed by atoms with Crippen LogP contribution in [0.25, 0.3) is 11.3 Å². The number of aromatic carboxylic acids is 1. The van der Waals surface area contributed by atoms with Crippen LogP contribution in [0.15, 0.2) is 47.6 Å². The summed E-state index contributed by atoms with van der Waals surface area (Å²) in [6.07, 6.45) is 3.39. The standard InChI is InChI=1S/C17H12F2N4O2S/c1-26-14-6-5-9(8-20-14)21-13-7-12(22-23-16(13)17(24)25)15-10(18)3-2-4-11(15)19/h2-8H,1H3,(H,21,22)(H,24,25). The molecule has 2 heterocycles. The van der Waals surface area contributed by atoms with Crippen molar-refractivity contribution in [1.29, 1.82) is 0 Å². The number of anilines is 2. The second-order valence-corrected chi connectivity index (χ2v) is 5.93. The summed E-state index contributed by atoms with van der Waals surface area (Å²) in [6.45, 7) is 0. The van der Waals surface area contributed by atoms with E-state index in [0.717, 1.165) is 17.2 Å². The van der Waals surface area contributed by atoms with E-state index in [-0.39, 0.29) is 22.6 Å². The Bertz CT molecular complexity index is 947. The van der Waals surface area contributed by atoms with Crippen molar-refractivity contribution in [2.45, 2.75) is 5.03 Å². The fourth-order valence-electron chi connectivity index (χ4n) is 2.24. The molecule has 3 rings (SSSR count). The molecule has 1 aromatic carbocycles. The third-order valence-electron chi connectivity index (χ3n) is 3.44. The largest absolute Gasteiger partial charge is 0.476 e. The van der Waals surface area contributed by atoms with Gasteiger partial charge in [0.25, 0.3) is 0 Å². The van der Waals surface area contributed by atoms with Gasteiger partial charge in [-0.05, 0) is 36.6 Å². The topological polar surface area (TPSA) is 88.0 Å². The normalized spacial score (nSPS) is 10.6. The van der Waals surface area contributed by atoms with Gasteiger partial charge in [-0.3, -0.25) is 0 Å². The highest BCUT2D eigenvalue weighted by Crippen LogP contribution is 2.28. The Hall–Kier alpha value is -3.07. The molecule has 0 saturated heterocycles. The van der Waals surface area contributed by atoms with E-state index in [1.54, 1.807) is 12.1 Å². The Kier molecular flexibility index (Phi) is 5.08. The van der Waals surface area contributed by atoms with Crippen LogP contribution in [0.2, 0.25) is 0 Å². The van der Waals surface area contributed by atoms with E-state index in [1.165, 1.54) is 30.1 Å². The first kappa shape index (κ1) is 17.7. The van der Waals surface area contributed by atoms with Crippen LogP contribution in [0.1, 0.15) is 10.5 Å². The molecule has 0 aliphatic rings. The summed E-state index contributed by atoms with van der Waals surface area (Å²) in [4.78, 5) is 15.6.